The van der Waals surface area contributed by atoms with Crippen molar-refractivity contribution in [2.24, 2.45) is 0 Å². The molecule has 5 aromatic rings. The van der Waals surface area contributed by atoms with Crippen LogP contribution in [0.4, 0.5) is 5.82 Å². The second-order valence-corrected chi connectivity index (χ2v) is 8.80. The lowest BCUT2D eigenvalue weighted by molar-refractivity contribution is 0.0998. The molecule has 9 heteroatoms. The number of nitrogens with one attached hydrogen (secondary N) is 1. The normalized spacial score (nSPS) is 13.6. The highest BCUT2D eigenvalue weighted by Gasteiger charge is 2.26. The molecule has 1 aromatic carbocycles. The van der Waals surface area contributed by atoms with Gasteiger partial charge in [-0.15, -0.1) is 10.2 Å². The molecule has 1 fully saturated rings. The van der Waals surface area contributed by atoms with Crippen LogP contribution in [-0.4, -0.2) is 35.2 Å². The topological polar surface area (TPSA) is 104 Å². The van der Waals surface area contributed by atoms with Crippen molar-refractivity contribution < 1.29 is 9.21 Å². The summed E-state index contributed by atoms with van der Waals surface area (Å²) in [6, 6.07) is 13.2. The largest absolute Gasteiger partial charge is 0.449 e. The molecule has 0 atom stereocenters. The summed E-state index contributed by atoms with van der Waals surface area (Å²) in [4.78, 5) is 22.1. The first kappa shape index (κ1) is 20.3. The number of rotatable bonds is 6. The molecular weight excluding hydrogens is 430 g/mol. The minimum absolute atomic E-state index is 0.186. The van der Waals surface area contributed by atoms with Crippen molar-refractivity contribution in [3.05, 3.63) is 72.8 Å². The monoisotopic (exact) mass is 453 g/mol. The molecule has 9 nitrogen and oxygen atoms in total. The average molecular weight is 454 g/mol. The second kappa shape index (κ2) is 7.95. The van der Waals surface area contributed by atoms with Gasteiger partial charge in [-0.25, -0.2) is 9.97 Å². The minimum Gasteiger partial charge on any atom is -0.449 e. The van der Waals surface area contributed by atoms with Gasteiger partial charge < -0.3 is 18.9 Å². The summed E-state index contributed by atoms with van der Waals surface area (Å²) in [7, 11) is 0. The molecule has 0 bridgehead atoms. The van der Waals surface area contributed by atoms with Crippen LogP contribution in [0.2, 0.25) is 0 Å². The van der Waals surface area contributed by atoms with Gasteiger partial charge >= 0.3 is 0 Å². The van der Waals surface area contributed by atoms with Crippen LogP contribution in [0.3, 0.4) is 0 Å². The Kier molecular flexibility index (Phi) is 4.75. The molecule has 4 aromatic heterocycles. The summed E-state index contributed by atoms with van der Waals surface area (Å²) in [5.74, 6) is 1.45. The van der Waals surface area contributed by atoms with Crippen LogP contribution in [0.1, 0.15) is 54.9 Å². The zero-order chi connectivity index (χ0) is 23.2. The number of carbonyl (C=O) groups excluding carboxylic acids is 1. The molecular formula is C25H23N7O2. The summed E-state index contributed by atoms with van der Waals surface area (Å²) in [5, 5.41) is 11.9. The number of hydrogen-bond donors (Lipinski definition) is 1. The Balaban J connectivity index is 1.28. The van der Waals surface area contributed by atoms with E-state index in [4.69, 9.17) is 4.42 Å². The van der Waals surface area contributed by atoms with E-state index >= 15 is 0 Å². The number of aromatic nitrogens is 6. The first-order valence-electron chi connectivity index (χ1n) is 11.3. The molecule has 6 rings (SSSR count). The Morgan fingerprint density at radius 2 is 2.00 bits per heavy atom. The van der Waals surface area contributed by atoms with E-state index in [2.05, 4.69) is 25.5 Å². The number of para-hydroxylation sites is 1. The fraction of sp³-hybridized carbons (Fsp3) is 0.240. The number of carbonyl (C=O) groups is 1. The first-order chi connectivity index (χ1) is 16.6. The maximum absolute atomic E-state index is 13.0. The zero-order valence-electron chi connectivity index (χ0n) is 18.8. The third kappa shape index (κ3) is 3.64. The molecule has 0 spiro atoms. The summed E-state index contributed by atoms with van der Waals surface area (Å²) >= 11 is 0. The van der Waals surface area contributed by atoms with Crippen LogP contribution in [0.15, 0.2) is 65.7 Å². The number of furan rings is 1. The fourth-order valence-electron chi connectivity index (χ4n) is 4.03. The fourth-order valence-corrected chi connectivity index (χ4v) is 4.03. The van der Waals surface area contributed by atoms with Gasteiger partial charge in [-0.05, 0) is 51.0 Å². The Hall–Kier alpha value is -4.27. The Labute approximate surface area is 195 Å². The van der Waals surface area contributed by atoms with Crippen LogP contribution in [-0.2, 0) is 0 Å². The molecule has 0 radical (unpaired) electrons. The van der Waals surface area contributed by atoms with Crippen molar-refractivity contribution in [2.75, 3.05) is 5.32 Å². The van der Waals surface area contributed by atoms with E-state index in [0.717, 1.165) is 16.8 Å². The van der Waals surface area contributed by atoms with E-state index in [-0.39, 0.29) is 17.7 Å². The zero-order valence-corrected chi connectivity index (χ0v) is 18.8. The number of amides is 1. The maximum atomic E-state index is 13.0. The number of pyridine rings is 1. The van der Waals surface area contributed by atoms with Crippen LogP contribution in [0.25, 0.3) is 28.2 Å². The highest BCUT2D eigenvalue weighted by atomic mass is 16.3. The number of anilines is 1. The predicted molar refractivity (Wildman–Crippen MR) is 127 cm³/mol. The quantitative estimate of drug-likeness (QED) is 0.389. The molecule has 1 amide bonds. The lowest BCUT2D eigenvalue weighted by Gasteiger charge is -2.10. The van der Waals surface area contributed by atoms with Crippen molar-refractivity contribution in [3.63, 3.8) is 0 Å². The molecule has 1 aliphatic carbocycles. The van der Waals surface area contributed by atoms with Crippen LogP contribution < -0.4 is 5.32 Å². The van der Waals surface area contributed by atoms with Crippen molar-refractivity contribution in [2.45, 2.75) is 38.6 Å². The average Bonchev–Trinajstić information content (AvgIpc) is 3.25. The van der Waals surface area contributed by atoms with E-state index in [1.54, 1.807) is 24.8 Å². The van der Waals surface area contributed by atoms with Gasteiger partial charge in [-0.1, -0.05) is 18.2 Å². The van der Waals surface area contributed by atoms with E-state index < -0.39 is 0 Å². The lowest BCUT2D eigenvalue weighted by Crippen LogP contribution is -2.12. The Bertz CT molecular complexity index is 1510. The van der Waals surface area contributed by atoms with Gasteiger partial charge in [-0.2, -0.15) is 0 Å². The summed E-state index contributed by atoms with van der Waals surface area (Å²) < 4.78 is 9.90. The van der Waals surface area contributed by atoms with Gasteiger partial charge in [0.25, 0.3) is 5.91 Å². The van der Waals surface area contributed by atoms with Gasteiger partial charge in [-0.3, -0.25) is 4.79 Å². The third-order valence-corrected chi connectivity index (χ3v) is 5.97. The number of nitrogens with zero attached hydrogens (tertiary/aromatic N) is 6. The summed E-state index contributed by atoms with van der Waals surface area (Å²) in [5.41, 5.74) is 3.21. The standard InChI is InChI=1S/C25H23N7O2/c1-15(2)32-14-27-30-24(32)18-6-4-8-22(28-18)29-25(33)21-11-17-5-3-7-20(23(17)34-21)31-12-19(26-13-31)16-9-10-16/h3-8,11-16H,9-10H2,1-2H3,(H,28,29,33). The third-order valence-electron chi connectivity index (χ3n) is 5.97. The Morgan fingerprint density at radius 3 is 2.82 bits per heavy atom. The number of imidazole rings is 1. The Morgan fingerprint density at radius 1 is 1.15 bits per heavy atom. The highest BCUT2D eigenvalue weighted by molar-refractivity contribution is 6.05. The number of hydrogen-bond acceptors (Lipinski definition) is 6. The van der Waals surface area contributed by atoms with Crippen molar-refractivity contribution in [1.82, 2.24) is 29.3 Å². The summed E-state index contributed by atoms with van der Waals surface area (Å²) in [6.45, 7) is 4.09. The minimum atomic E-state index is -0.374. The van der Waals surface area contributed by atoms with Crippen molar-refractivity contribution in [3.8, 4) is 17.2 Å². The van der Waals surface area contributed by atoms with Crippen LogP contribution in [0, 0.1) is 0 Å². The highest BCUT2D eigenvalue weighted by Crippen LogP contribution is 2.39. The molecule has 0 saturated heterocycles. The molecule has 170 valence electrons. The van der Waals surface area contributed by atoms with Gasteiger partial charge in [0.1, 0.15) is 17.8 Å². The second-order valence-electron chi connectivity index (χ2n) is 8.80. The van der Waals surface area contributed by atoms with E-state index in [1.165, 1.54) is 12.8 Å². The van der Waals surface area contributed by atoms with E-state index in [0.29, 0.717) is 28.8 Å². The molecule has 1 saturated carbocycles. The number of fused-ring (bicyclic) bond motifs is 1. The van der Waals surface area contributed by atoms with Gasteiger partial charge in [0.05, 0.1) is 17.7 Å². The van der Waals surface area contributed by atoms with Crippen LogP contribution in [0.5, 0.6) is 0 Å². The van der Waals surface area contributed by atoms with E-state index in [9.17, 15) is 4.79 Å². The SMILES string of the molecule is CC(C)n1cnnc1-c1cccc(NC(=O)c2cc3cccc(-n4cnc(C5CC5)c4)c3o2)n1. The van der Waals surface area contributed by atoms with Gasteiger partial charge in [0, 0.05) is 23.5 Å². The maximum Gasteiger partial charge on any atom is 0.292 e. The molecule has 1 N–H and O–H groups in total. The molecule has 0 unspecified atom stereocenters. The molecule has 4 heterocycles. The van der Waals surface area contributed by atoms with Gasteiger partial charge in [0.2, 0.25) is 0 Å². The molecule has 34 heavy (non-hydrogen) atoms. The predicted octanol–water partition coefficient (Wildman–Crippen LogP) is 4.98. The lowest BCUT2D eigenvalue weighted by atomic mass is 10.2. The smallest absolute Gasteiger partial charge is 0.292 e. The van der Waals surface area contributed by atoms with Crippen LogP contribution >= 0.6 is 0 Å². The van der Waals surface area contributed by atoms with E-state index in [1.807, 2.05) is 59.5 Å². The molecule has 0 aliphatic heterocycles. The van der Waals surface area contributed by atoms with Gasteiger partial charge in [0.15, 0.2) is 17.2 Å². The van der Waals surface area contributed by atoms with Crippen molar-refractivity contribution in [1.29, 1.82) is 0 Å². The molecule has 1 aliphatic rings. The first-order valence-corrected chi connectivity index (χ1v) is 11.3. The van der Waals surface area contributed by atoms with Crippen molar-refractivity contribution >= 4 is 22.7 Å². The number of benzene rings is 1. The summed E-state index contributed by atoms with van der Waals surface area (Å²) in [6.07, 6.45) is 7.90.